The Labute approximate surface area is 192 Å². The van der Waals surface area contributed by atoms with Gasteiger partial charge >= 0.3 is 0 Å². The van der Waals surface area contributed by atoms with E-state index in [0.29, 0.717) is 45.8 Å². The highest BCUT2D eigenvalue weighted by atomic mass is 35.5. The normalized spacial score (nSPS) is 24.0. The number of nitrogens with zero attached hydrogens (tertiary/aromatic N) is 5. The van der Waals surface area contributed by atoms with Gasteiger partial charge in [-0.1, -0.05) is 18.5 Å². The van der Waals surface area contributed by atoms with Crippen molar-refractivity contribution in [2.24, 2.45) is 29.1 Å². The molecule has 0 aromatic carbocycles. The minimum absolute atomic E-state index is 0.0911. The molecule has 1 saturated heterocycles. The second-order valence-corrected chi connectivity index (χ2v) is 9.80. The average molecular weight is 456 g/mol. The van der Waals surface area contributed by atoms with Crippen molar-refractivity contribution >= 4 is 29.1 Å². The molecule has 0 amide bonds. The van der Waals surface area contributed by atoms with Crippen LogP contribution in [-0.2, 0) is 13.6 Å². The fourth-order valence-corrected chi connectivity index (χ4v) is 6.02. The van der Waals surface area contributed by atoms with Crippen LogP contribution in [0.5, 0.6) is 0 Å². The Balaban J connectivity index is 1.45. The van der Waals surface area contributed by atoms with E-state index in [4.69, 9.17) is 22.3 Å². The van der Waals surface area contributed by atoms with Gasteiger partial charge in [0.1, 0.15) is 5.82 Å². The highest BCUT2D eigenvalue weighted by Crippen LogP contribution is 2.48. The standard InChI is InChI=1S/C23H30ClN7O/c1-13-4-6-23(19(13)25)7-10-31(11-8-23)22-29-15-12-28-18(16(15)21(32)30(22)3)14-5-9-27-20(26-2)17(14)24/h5,9,13,19H,4,6-8,10-12,25H2,1-3H3,(H,26,27)/t13-,19-/m1/s1. The van der Waals surface area contributed by atoms with Crippen LogP contribution in [0.3, 0.4) is 0 Å². The zero-order chi connectivity index (χ0) is 22.6. The van der Waals surface area contributed by atoms with E-state index in [1.54, 1.807) is 30.9 Å². The molecule has 2 atom stereocenters. The van der Waals surface area contributed by atoms with E-state index in [9.17, 15) is 4.79 Å². The summed E-state index contributed by atoms with van der Waals surface area (Å²) in [6.07, 6.45) is 6.18. The zero-order valence-corrected chi connectivity index (χ0v) is 19.6. The predicted octanol–water partition coefficient (Wildman–Crippen LogP) is 2.57. The van der Waals surface area contributed by atoms with Gasteiger partial charge in [-0.2, -0.15) is 0 Å². The van der Waals surface area contributed by atoms with Crippen LogP contribution >= 0.6 is 11.6 Å². The molecule has 170 valence electrons. The highest BCUT2D eigenvalue weighted by molar-refractivity contribution is 6.37. The van der Waals surface area contributed by atoms with E-state index in [-0.39, 0.29) is 17.0 Å². The van der Waals surface area contributed by atoms with Crippen LogP contribution in [0.1, 0.15) is 49.4 Å². The molecule has 1 saturated carbocycles. The van der Waals surface area contributed by atoms with Crippen LogP contribution in [-0.4, -0.2) is 46.4 Å². The van der Waals surface area contributed by atoms with Gasteiger partial charge in [-0.05, 0) is 43.1 Å². The Bertz CT molecular complexity index is 1150. The molecule has 2 aromatic heterocycles. The second kappa shape index (κ2) is 7.85. The minimum atomic E-state index is -0.0911. The summed E-state index contributed by atoms with van der Waals surface area (Å²) in [5, 5.41) is 3.43. The molecule has 5 rings (SSSR count). The summed E-state index contributed by atoms with van der Waals surface area (Å²) in [5.41, 5.74) is 9.26. The Hall–Kier alpha value is -2.45. The van der Waals surface area contributed by atoms with E-state index in [0.717, 1.165) is 31.9 Å². The van der Waals surface area contributed by atoms with Crippen LogP contribution in [0.25, 0.3) is 0 Å². The van der Waals surface area contributed by atoms with E-state index >= 15 is 0 Å². The number of hydrogen-bond acceptors (Lipinski definition) is 7. The average Bonchev–Trinajstić information content (AvgIpc) is 3.34. The molecular formula is C23H30ClN7O. The molecule has 2 aromatic rings. The van der Waals surface area contributed by atoms with Gasteiger partial charge in [-0.25, -0.2) is 9.97 Å². The van der Waals surface area contributed by atoms with Gasteiger partial charge in [-0.15, -0.1) is 0 Å². The topological polar surface area (TPSA) is 101 Å². The lowest BCUT2D eigenvalue weighted by molar-refractivity contribution is 0.185. The first kappa shape index (κ1) is 21.4. The first-order valence-electron chi connectivity index (χ1n) is 11.3. The largest absolute Gasteiger partial charge is 0.372 e. The van der Waals surface area contributed by atoms with Crippen molar-refractivity contribution in [3.05, 3.63) is 44.5 Å². The summed E-state index contributed by atoms with van der Waals surface area (Å²) in [5.74, 6) is 1.86. The third-order valence-corrected chi connectivity index (χ3v) is 8.19. The van der Waals surface area contributed by atoms with Crippen molar-refractivity contribution in [1.82, 2.24) is 14.5 Å². The second-order valence-electron chi connectivity index (χ2n) is 9.42. The van der Waals surface area contributed by atoms with Gasteiger partial charge < -0.3 is 16.0 Å². The number of rotatable bonds is 3. The quantitative estimate of drug-likeness (QED) is 0.737. The van der Waals surface area contributed by atoms with Gasteiger partial charge in [0.25, 0.3) is 5.56 Å². The number of piperidine rings is 1. The van der Waals surface area contributed by atoms with Gasteiger partial charge in [0.05, 0.1) is 28.5 Å². The van der Waals surface area contributed by atoms with Crippen LogP contribution in [0.4, 0.5) is 11.8 Å². The zero-order valence-electron chi connectivity index (χ0n) is 18.9. The van der Waals surface area contributed by atoms with Gasteiger partial charge in [0, 0.05) is 45.0 Å². The lowest BCUT2D eigenvalue weighted by Crippen LogP contribution is -2.49. The summed E-state index contributed by atoms with van der Waals surface area (Å²) < 4.78 is 1.66. The predicted molar refractivity (Wildman–Crippen MR) is 128 cm³/mol. The van der Waals surface area contributed by atoms with Crippen LogP contribution < -0.4 is 21.5 Å². The number of aromatic nitrogens is 3. The Morgan fingerprint density at radius 3 is 2.69 bits per heavy atom. The van der Waals surface area contributed by atoms with Crippen molar-refractivity contribution in [3.8, 4) is 0 Å². The minimum Gasteiger partial charge on any atom is -0.372 e. The first-order chi connectivity index (χ1) is 15.4. The maximum atomic E-state index is 13.4. The molecule has 2 aliphatic heterocycles. The Morgan fingerprint density at radius 1 is 1.28 bits per heavy atom. The van der Waals surface area contributed by atoms with Crippen molar-refractivity contribution in [3.63, 3.8) is 0 Å². The van der Waals surface area contributed by atoms with Crippen LogP contribution in [0, 0.1) is 11.3 Å². The molecule has 32 heavy (non-hydrogen) atoms. The number of aliphatic imine (C=N–C) groups is 1. The van der Waals surface area contributed by atoms with E-state index in [1.165, 1.54) is 12.8 Å². The Kier molecular flexibility index (Phi) is 5.25. The first-order valence-corrected chi connectivity index (χ1v) is 11.7. The molecular weight excluding hydrogens is 426 g/mol. The van der Waals surface area contributed by atoms with Gasteiger partial charge in [0.2, 0.25) is 5.95 Å². The maximum absolute atomic E-state index is 13.4. The number of nitrogens with one attached hydrogen (secondary N) is 1. The number of halogens is 1. The van der Waals surface area contributed by atoms with Crippen molar-refractivity contribution < 1.29 is 0 Å². The number of anilines is 2. The third kappa shape index (κ3) is 3.15. The van der Waals surface area contributed by atoms with Gasteiger partial charge in [-0.3, -0.25) is 14.4 Å². The lowest BCUT2D eigenvalue weighted by atomic mass is 9.73. The van der Waals surface area contributed by atoms with Gasteiger partial charge in [0.15, 0.2) is 0 Å². The molecule has 1 aliphatic carbocycles. The maximum Gasteiger partial charge on any atom is 0.264 e. The highest BCUT2D eigenvalue weighted by Gasteiger charge is 2.46. The molecule has 0 radical (unpaired) electrons. The lowest BCUT2D eigenvalue weighted by Gasteiger charge is -2.43. The summed E-state index contributed by atoms with van der Waals surface area (Å²) in [4.78, 5) is 29.4. The van der Waals surface area contributed by atoms with Crippen molar-refractivity contribution in [1.29, 1.82) is 0 Å². The van der Waals surface area contributed by atoms with Crippen molar-refractivity contribution in [2.45, 2.75) is 45.2 Å². The monoisotopic (exact) mass is 455 g/mol. The summed E-state index contributed by atoms with van der Waals surface area (Å²) in [7, 11) is 3.55. The number of nitrogens with two attached hydrogens (primary N) is 1. The number of fused-ring (bicyclic) bond motifs is 1. The van der Waals surface area contributed by atoms with Crippen LogP contribution in [0.2, 0.25) is 5.02 Å². The molecule has 1 spiro atoms. The molecule has 4 heterocycles. The number of pyridine rings is 1. The number of hydrogen-bond donors (Lipinski definition) is 2. The fraction of sp³-hybridized carbons (Fsp3) is 0.565. The SMILES string of the molecule is CNc1nccc(C2=NCc3nc(N4CCC5(CC[C@@H](C)[C@H]5N)CC4)n(C)c(=O)c32)c1Cl. The van der Waals surface area contributed by atoms with E-state index < -0.39 is 0 Å². The Morgan fingerprint density at radius 2 is 2.03 bits per heavy atom. The molecule has 9 heteroatoms. The molecule has 8 nitrogen and oxygen atoms in total. The molecule has 2 fully saturated rings. The van der Waals surface area contributed by atoms with Crippen molar-refractivity contribution in [2.75, 3.05) is 30.4 Å². The van der Waals surface area contributed by atoms with Crippen LogP contribution in [0.15, 0.2) is 22.1 Å². The molecule has 3 N–H and O–H groups in total. The third-order valence-electron chi connectivity index (χ3n) is 7.81. The molecule has 3 aliphatic rings. The summed E-state index contributed by atoms with van der Waals surface area (Å²) in [6.45, 7) is 4.38. The molecule has 0 unspecified atom stereocenters. The summed E-state index contributed by atoms with van der Waals surface area (Å²) >= 11 is 6.53. The van der Waals surface area contributed by atoms with E-state index in [1.807, 2.05) is 0 Å². The fourth-order valence-electron chi connectivity index (χ4n) is 5.72. The van der Waals surface area contributed by atoms with E-state index in [2.05, 4.69) is 27.1 Å². The summed E-state index contributed by atoms with van der Waals surface area (Å²) in [6, 6.07) is 2.06. The smallest absolute Gasteiger partial charge is 0.264 e. The molecule has 0 bridgehead atoms.